The SMILES string of the molecule is Cc1ccc(-c2csc3ncnc(NCCCC(=O)O)c23)cc1C. The van der Waals surface area contributed by atoms with Crippen molar-refractivity contribution in [1.29, 1.82) is 0 Å². The number of carbonyl (C=O) groups is 1. The molecule has 2 aromatic heterocycles. The number of benzene rings is 1. The molecule has 0 saturated carbocycles. The van der Waals surface area contributed by atoms with Crippen molar-refractivity contribution in [3.8, 4) is 11.1 Å². The molecule has 0 unspecified atom stereocenters. The van der Waals surface area contributed by atoms with E-state index in [9.17, 15) is 4.79 Å². The van der Waals surface area contributed by atoms with Crippen LogP contribution in [0.1, 0.15) is 24.0 Å². The molecule has 2 heterocycles. The van der Waals surface area contributed by atoms with Gasteiger partial charge in [-0.15, -0.1) is 11.3 Å². The van der Waals surface area contributed by atoms with Gasteiger partial charge < -0.3 is 10.4 Å². The van der Waals surface area contributed by atoms with E-state index in [0.29, 0.717) is 13.0 Å². The Labute approximate surface area is 144 Å². The minimum atomic E-state index is -0.781. The van der Waals surface area contributed by atoms with E-state index < -0.39 is 5.97 Å². The van der Waals surface area contributed by atoms with Crippen LogP contribution in [0.4, 0.5) is 5.82 Å². The summed E-state index contributed by atoms with van der Waals surface area (Å²) < 4.78 is 0. The number of rotatable bonds is 6. The highest BCUT2D eigenvalue weighted by molar-refractivity contribution is 7.17. The molecule has 3 aromatic rings. The van der Waals surface area contributed by atoms with Gasteiger partial charge in [0.1, 0.15) is 17.0 Å². The zero-order valence-electron chi connectivity index (χ0n) is 13.7. The number of carboxylic acid groups (broad SMARTS) is 1. The average Bonchev–Trinajstić information content (AvgIpc) is 2.99. The summed E-state index contributed by atoms with van der Waals surface area (Å²) in [4.78, 5) is 20.3. The Kier molecular flexibility index (Phi) is 4.76. The Morgan fingerprint density at radius 3 is 2.83 bits per heavy atom. The number of aliphatic carboxylic acids is 1. The molecule has 0 spiro atoms. The molecule has 6 heteroatoms. The number of hydrogen-bond acceptors (Lipinski definition) is 5. The molecular formula is C18H19N3O2S. The maximum atomic E-state index is 10.6. The van der Waals surface area contributed by atoms with Crippen molar-refractivity contribution >= 4 is 33.3 Å². The van der Waals surface area contributed by atoms with Gasteiger partial charge in [0.15, 0.2) is 0 Å². The van der Waals surface area contributed by atoms with Crippen LogP contribution in [0.25, 0.3) is 21.3 Å². The second-order valence-electron chi connectivity index (χ2n) is 5.77. The summed E-state index contributed by atoms with van der Waals surface area (Å²) in [6.07, 6.45) is 2.25. The van der Waals surface area contributed by atoms with Crippen LogP contribution in [0.15, 0.2) is 29.9 Å². The van der Waals surface area contributed by atoms with Gasteiger partial charge in [-0.1, -0.05) is 18.2 Å². The van der Waals surface area contributed by atoms with Gasteiger partial charge in [0.25, 0.3) is 0 Å². The van der Waals surface area contributed by atoms with Gasteiger partial charge >= 0.3 is 5.97 Å². The maximum Gasteiger partial charge on any atom is 0.303 e. The van der Waals surface area contributed by atoms with Gasteiger partial charge in [-0.2, -0.15) is 0 Å². The van der Waals surface area contributed by atoms with Crippen molar-refractivity contribution in [1.82, 2.24) is 9.97 Å². The summed E-state index contributed by atoms with van der Waals surface area (Å²) in [5, 5.41) is 15.1. The average molecular weight is 341 g/mol. The summed E-state index contributed by atoms with van der Waals surface area (Å²) in [7, 11) is 0. The molecule has 0 aliphatic carbocycles. The fourth-order valence-corrected chi connectivity index (χ4v) is 3.49. The van der Waals surface area contributed by atoms with E-state index >= 15 is 0 Å². The smallest absolute Gasteiger partial charge is 0.303 e. The van der Waals surface area contributed by atoms with Crippen molar-refractivity contribution in [3.63, 3.8) is 0 Å². The fraction of sp³-hybridized carbons (Fsp3) is 0.278. The Balaban J connectivity index is 1.94. The number of carboxylic acids is 1. The Hall–Kier alpha value is -2.47. The molecule has 0 saturated heterocycles. The highest BCUT2D eigenvalue weighted by Gasteiger charge is 2.13. The third kappa shape index (κ3) is 3.38. The number of nitrogens with zero attached hydrogens (tertiary/aromatic N) is 2. The zero-order valence-corrected chi connectivity index (χ0v) is 14.5. The van der Waals surface area contributed by atoms with Crippen LogP contribution in [0.2, 0.25) is 0 Å². The van der Waals surface area contributed by atoms with Crippen LogP contribution >= 0.6 is 11.3 Å². The van der Waals surface area contributed by atoms with Crippen molar-refractivity contribution < 1.29 is 9.90 Å². The van der Waals surface area contributed by atoms with Crippen molar-refractivity contribution in [3.05, 3.63) is 41.0 Å². The predicted octanol–water partition coefficient (Wildman–Crippen LogP) is 4.25. The lowest BCUT2D eigenvalue weighted by Crippen LogP contribution is -2.06. The lowest BCUT2D eigenvalue weighted by Gasteiger charge is -2.09. The zero-order chi connectivity index (χ0) is 17.1. The van der Waals surface area contributed by atoms with Gasteiger partial charge in [-0.05, 0) is 37.0 Å². The number of thiophene rings is 1. The minimum absolute atomic E-state index is 0.148. The number of hydrogen-bond donors (Lipinski definition) is 2. The molecule has 0 radical (unpaired) electrons. The third-order valence-corrected chi connectivity index (χ3v) is 4.93. The summed E-state index contributed by atoms with van der Waals surface area (Å²) in [5.74, 6) is -0.0177. The monoisotopic (exact) mass is 341 g/mol. The van der Waals surface area contributed by atoms with Crippen molar-refractivity contribution in [2.75, 3.05) is 11.9 Å². The molecule has 0 fully saturated rings. The van der Waals surface area contributed by atoms with Gasteiger partial charge in [0.05, 0.1) is 5.39 Å². The Morgan fingerprint density at radius 2 is 2.08 bits per heavy atom. The Morgan fingerprint density at radius 1 is 1.25 bits per heavy atom. The quantitative estimate of drug-likeness (QED) is 0.656. The molecule has 0 amide bonds. The minimum Gasteiger partial charge on any atom is -0.481 e. The summed E-state index contributed by atoms with van der Waals surface area (Å²) in [6, 6.07) is 6.42. The van der Waals surface area contributed by atoms with E-state index in [-0.39, 0.29) is 6.42 Å². The molecule has 0 atom stereocenters. The molecule has 3 rings (SSSR count). The number of anilines is 1. The summed E-state index contributed by atoms with van der Waals surface area (Å²) in [5.41, 5.74) is 4.77. The van der Waals surface area contributed by atoms with Crippen molar-refractivity contribution in [2.45, 2.75) is 26.7 Å². The molecule has 124 valence electrons. The first-order valence-corrected chi connectivity index (χ1v) is 8.69. The van der Waals surface area contributed by atoms with E-state index in [4.69, 9.17) is 5.11 Å². The van der Waals surface area contributed by atoms with Gasteiger partial charge in [-0.25, -0.2) is 9.97 Å². The van der Waals surface area contributed by atoms with Gasteiger partial charge in [-0.3, -0.25) is 4.79 Å². The first kappa shape index (κ1) is 16.4. The van der Waals surface area contributed by atoms with Crippen LogP contribution in [-0.2, 0) is 4.79 Å². The van der Waals surface area contributed by atoms with Gasteiger partial charge in [0, 0.05) is 23.9 Å². The third-order valence-electron chi connectivity index (χ3n) is 4.05. The summed E-state index contributed by atoms with van der Waals surface area (Å²) in [6.45, 7) is 4.78. The van der Waals surface area contributed by atoms with Crippen LogP contribution in [0.5, 0.6) is 0 Å². The van der Waals surface area contributed by atoms with Crippen LogP contribution in [0.3, 0.4) is 0 Å². The van der Waals surface area contributed by atoms with E-state index in [1.807, 2.05) is 0 Å². The topological polar surface area (TPSA) is 75.1 Å². The van der Waals surface area contributed by atoms with Crippen LogP contribution in [-0.4, -0.2) is 27.6 Å². The largest absolute Gasteiger partial charge is 0.481 e. The second kappa shape index (κ2) is 6.97. The lowest BCUT2D eigenvalue weighted by molar-refractivity contribution is -0.137. The number of nitrogens with one attached hydrogen (secondary N) is 1. The van der Waals surface area contributed by atoms with E-state index in [1.54, 1.807) is 17.7 Å². The molecule has 24 heavy (non-hydrogen) atoms. The van der Waals surface area contributed by atoms with E-state index in [2.05, 4.69) is 52.7 Å². The highest BCUT2D eigenvalue weighted by atomic mass is 32.1. The number of aryl methyl sites for hydroxylation is 2. The van der Waals surface area contributed by atoms with Crippen LogP contribution in [0, 0.1) is 13.8 Å². The second-order valence-corrected chi connectivity index (χ2v) is 6.63. The summed E-state index contributed by atoms with van der Waals surface area (Å²) >= 11 is 1.59. The predicted molar refractivity (Wildman–Crippen MR) is 97.7 cm³/mol. The molecule has 2 N–H and O–H groups in total. The fourth-order valence-electron chi connectivity index (χ4n) is 2.58. The highest BCUT2D eigenvalue weighted by Crippen LogP contribution is 2.37. The maximum absolute atomic E-state index is 10.6. The van der Waals surface area contributed by atoms with Gasteiger partial charge in [0.2, 0.25) is 0 Å². The van der Waals surface area contributed by atoms with Crippen LogP contribution < -0.4 is 5.32 Å². The Bertz CT molecular complexity index is 889. The molecule has 0 bridgehead atoms. The molecule has 0 aliphatic heterocycles. The normalized spacial score (nSPS) is 10.9. The first-order chi connectivity index (χ1) is 11.6. The molecule has 1 aromatic carbocycles. The lowest BCUT2D eigenvalue weighted by atomic mass is 10.0. The molecule has 5 nitrogen and oxygen atoms in total. The standard InChI is InChI=1S/C18H19N3O2S/c1-11-5-6-13(8-12(11)2)14-9-24-18-16(14)17(20-10-21-18)19-7-3-4-15(22)23/h5-6,8-10H,3-4,7H2,1-2H3,(H,22,23)(H,19,20,21). The van der Waals surface area contributed by atoms with E-state index in [0.717, 1.165) is 27.2 Å². The van der Waals surface area contributed by atoms with E-state index in [1.165, 1.54) is 11.1 Å². The van der Waals surface area contributed by atoms with Crippen molar-refractivity contribution in [2.24, 2.45) is 0 Å². The molecular weight excluding hydrogens is 322 g/mol. The number of fused-ring (bicyclic) bond motifs is 1. The number of aromatic nitrogens is 2. The first-order valence-electron chi connectivity index (χ1n) is 7.81. The molecule has 0 aliphatic rings.